The van der Waals surface area contributed by atoms with E-state index in [4.69, 9.17) is 0 Å². The van der Waals surface area contributed by atoms with Crippen molar-refractivity contribution >= 4 is 21.6 Å². The van der Waals surface area contributed by atoms with E-state index >= 15 is 0 Å². The van der Waals surface area contributed by atoms with Gasteiger partial charge in [0.2, 0.25) is 0 Å². The van der Waals surface area contributed by atoms with Gasteiger partial charge in [0.15, 0.2) is 0 Å². The third-order valence-corrected chi connectivity index (χ3v) is 3.75. The average Bonchev–Trinajstić information content (AvgIpc) is 2.56. The fourth-order valence-electron chi connectivity index (χ4n) is 2.28. The summed E-state index contributed by atoms with van der Waals surface area (Å²) in [5.41, 5.74) is 4.70. The number of nitrogens with one attached hydrogen (secondary N) is 1. The molecule has 0 aliphatic carbocycles. The normalized spacial score (nSPS) is 12.5. The molecule has 18 heavy (non-hydrogen) atoms. The Morgan fingerprint density at radius 1 is 1.22 bits per heavy atom. The fraction of sp³-hybridized carbons (Fsp3) is 0.357. The molecule has 4 heteroatoms. The molecule has 0 saturated carbocycles. The van der Waals surface area contributed by atoms with Gasteiger partial charge in [-0.15, -0.1) is 0 Å². The number of rotatable bonds is 3. The van der Waals surface area contributed by atoms with Gasteiger partial charge in [-0.1, -0.05) is 15.9 Å². The predicted molar refractivity (Wildman–Crippen MR) is 78.9 cm³/mol. The highest BCUT2D eigenvalue weighted by Crippen LogP contribution is 2.25. The number of benzene rings is 1. The molecule has 1 aromatic heterocycles. The van der Waals surface area contributed by atoms with E-state index in [2.05, 4.69) is 59.2 Å². The summed E-state index contributed by atoms with van der Waals surface area (Å²) in [7, 11) is 1.98. The molecule has 2 aromatic rings. The highest BCUT2D eigenvalue weighted by Gasteiger charge is 2.15. The predicted octanol–water partition coefficient (Wildman–Crippen LogP) is 3.97. The molecule has 3 nitrogen and oxygen atoms in total. The number of nitrogens with zero attached hydrogens (tertiary/aromatic N) is 2. The zero-order chi connectivity index (χ0) is 13.3. The Labute approximate surface area is 116 Å². The van der Waals surface area contributed by atoms with Gasteiger partial charge in [0.25, 0.3) is 0 Å². The van der Waals surface area contributed by atoms with Crippen LogP contribution in [0.3, 0.4) is 0 Å². The van der Waals surface area contributed by atoms with Crippen LogP contribution in [0, 0.1) is 13.8 Å². The smallest absolute Gasteiger partial charge is 0.0649 e. The maximum atomic E-state index is 4.46. The van der Waals surface area contributed by atoms with Gasteiger partial charge in [0.1, 0.15) is 0 Å². The molecule has 0 saturated heterocycles. The highest BCUT2D eigenvalue weighted by atomic mass is 79.9. The molecular weight excluding hydrogens is 290 g/mol. The molecule has 1 N–H and O–H groups in total. The minimum Gasteiger partial charge on any atom is -0.378 e. The molecule has 0 spiro atoms. The molecule has 96 valence electrons. The summed E-state index contributed by atoms with van der Waals surface area (Å²) in [5.74, 6) is 0. The number of halogens is 1. The maximum Gasteiger partial charge on any atom is 0.0649 e. The topological polar surface area (TPSA) is 29.9 Å². The van der Waals surface area contributed by atoms with E-state index in [0.29, 0.717) is 0 Å². The number of hydrogen-bond acceptors (Lipinski definition) is 2. The van der Waals surface area contributed by atoms with Gasteiger partial charge in [0, 0.05) is 28.5 Å². The van der Waals surface area contributed by atoms with E-state index in [-0.39, 0.29) is 6.04 Å². The van der Waals surface area contributed by atoms with Crippen LogP contribution in [0.4, 0.5) is 5.69 Å². The summed E-state index contributed by atoms with van der Waals surface area (Å²) >= 11 is 3.44. The van der Waals surface area contributed by atoms with Crippen molar-refractivity contribution in [2.45, 2.75) is 26.8 Å². The molecule has 0 aliphatic heterocycles. The van der Waals surface area contributed by atoms with Crippen LogP contribution in [0.25, 0.3) is 0 Å². The molecule has 1 atom stereocenters. The van der Waals surface area contributed by atoms with Crippen molar-refractivity contribution in [2.24, 2.45) is 7.05 Å². The van der Waals surface area contributed by atoms with Gasteiger partial charge < -0.3 is 5.32 Å². The molecule has 0 aliphatic rings. The van der Waals surface area contributed by atoms with Crippen LogP contribution in [0.2, 0.25) is 0 Å². The Morgan fingerprint density at radius 2 is 1.83 bits per heavy atom. The van der Waals surface area contributed by atoms with E-state index in [9.17, 15) is 0 Å². The van der Waals surface area contributed by atoms with Crippen molar-refractivity contribution in [1.29, 1.82) is 0 Å². The lowest BCUT2D eigenvalue weighted by Gasteiger charge is -2.16. The second-order valence-corrected chi connectivity index (χ2v) is 5.50. The first-order valence-corrected chi connectivity index (χ1v) is 6.80. The Balaban J connectivity index is 2.21. The molecule has 0 fully saturated rings. The summed E-state index contributed by atoms with van der Waals surface area (Å²) in [6.45, 7) is 6.33. The van der Waals surface area contributed by atoms with Gasteiger partial charge >= 0.3 is 0 Å². The van der Waals surface area contributed by atoms with E-state index in [1.807, 2.05) is 23.9 Å². The van der Waals surface area contributed by atoms with Gasteiger partial charge in [-0.05, 0) is 45.0 Å². The maximum absolute atomic E-state index is 4.46. The zero-order valence-electron chi connectivity index (χ0n) is 11.2. The first-order chi connectivity index (χ1) is 8.49. The van der Waals surface area contributed by atoms with Gasteiger partial charge in [-0.3, -0.25) is 4.68 Å². The number of aromatic nitrogens is 2. The van der Waals surface area contributed by atoms with Crippen LogP contribution < -0.4 is 5.32 Å². The molecule has 0 radical (unpaired) electrons. The van der Waals surface area contributed by atoms with Crippen molar-refractivity contribution < 1.29 is 0 Å². The first kappa shape index (κ1) is 13.1. The van der Waals surface area contributed by atoms with Crippen molar-refractivity contribution in [2.75, 3.05) is 5.32 Å². The molecule has 1 aromatic carbocycles. The monoisotopic (exact) mass is 307 g/mol. The van der Waals surface area contributed by atoms with Crippen LogP contribution >= 0.6 is 15.9 Å². The first-order valence-electron chi connectivity index (χ1n) is 6.01. The molecule has 1 heterocycles. The Morgan fingerprint density at radius 3 is 2.33 bits per heavy atom. The van der Waals surface area contributed by atoms with Crippen molar-refractivity contribution in [1.82, 2.24) is 9.78 Å². The Hall–Kier alpha value is -1.29. The molecule has 0 bridgehead atoms. The van der Waals surface area contributed by atoms with Crippen LogP contribution in [0.5, 0.6) is 0 Å². The highest BCUT2D eigenvalue weighted by molar-refractivity contribution is 9.10. The quantitative estimate of drug-likeness (QED) is 0.929. The SMILES string of the molecule is Cc1nn(C)c(C)c1C(C)Nc1ccc(Br)cc1. The van der Waals surface area contributed by atoms with Crippen molar-refractivity contribution in [3.63, 3.8) is 0 Å². The Bertz CT molecular complexity index is 543. The van der Waals surface area contributed by atoms with Crippen LogP contribution in [0.15, 0.2) is 28.7 Å². The third kappa shape index (κ3) is 2.58. The van der Waals surface area contributed by atoms with Crippen LogP contribution in [-0.4, -0.2) is 9.78 Å². The van der Waals surface area contributed by atoms with Crippen molar-refractivity contribution in [3.05, 3.63) is 45.7 Å². The number of anilines is 1. The lowest BCUT2D eigenvalue weighted by Crippen LogP contribution is -2.08. The fourth-order valence-corrected chi connectivity index (χ4v) is 2.55. The van der Waals surface area contributed by atoms with Gasteiger partial charge in [-0.2, -0.15) is 5.10 Å². The molecule has 0 amide bonds. The molecule has 1 unspecified atom stereocenters. The van der Waals surface area contributed by atoms with E-state index < -0.39 is 0 Å². The summed E-state index contributed by atoms with van der Waals surface area (Å²) in [6.07, 6.45) is 0. The number of aryl methyl sites for hydroxylation is 2. The van der Waals surface area contributed by atoms with E-state index in [1.54, 1.807) is 0 Å². The van der Waals surface area contributed by atoms with Gasteiger partial charge in [0.05, 0.1) is 11.7 Å². The summed E-state index contributed by atoms with van der Waals surface area (Å²) in [5, 5.41) is 7.96. The Kier molecular flexibility index (Phi) is 3.76. The van der Waals surface area contributed by atoms with E-state index in [1.165, 1.54) is 11.3 Å². The number of hydrogen-bond donors (Lipinski definition) is 1. The lowest BCUT2D eigenvalue weighted by molar-refractivity contribution is 0.728. The standard InChI is InChI=1S/C14H18BrN3/c1-9(14-10(2)17-18(4)11(14)3)16-13-7-5-12(15)6-8-13/h5-9,16H,1-4H3. The minimum absolute atomic E-state index is 0.250. The molecule has 2 rings (SSSR count). The lowest BCUT2D eigenvalue weighted by atomic mass is 10.1. The second kappa shape index (κ2) is 5.14. The van der Waals surface area contributed by atoms with Gasteiger partial charge in [-0.25, -0.2) is 0 Å². The van der Waals surface area contributed by atoms with E-state index in [0.717, 1.165) is 15.9 Å². The largest absolute Gasteiger partial charge is 0.378 e. The average molecular weight is 308 g/mol. The summed E-state index contributed by atoms with van der Waals surface area (Å²) in [4.78, 5) is 0. The molecular formula is C14H18BrN3. The van der Waals surface area contributed by atoms with Crippen LogP contribution in [0.1, 0.15) is 29.9 Å². The van der Waals surface area contributed by atoms with Crippen LogP contribution in [-0.2, 0) is 7.05 Å². The minimum atomic E-state index is 0.250. The summed E-state index contributed by atoms with van der Waals surface area (Å²) < 4.78 is 3.03. The van der Waals surface area contributed by atoms with Crippen molar-refractivity contribution in [3.8, 4) is 0 Å². The third-order valence-electron chi connectivity index (χ3n) is 3.23. The zero-order valence-corrected chi connectivity index (χ0v) is 12.7. The summed E-state index contributed by atoms with van der Waals surface area (Å²) in [6, 6.07) is 8.47. The second-order valence-electron chi connectivity index (χ2n) is 4.58.